The normalized spacial score (nSPS) is 17.1. The number of carbonyl (C=O) groups excluding carboxylic acids is 2. The Morgan fingerprint density at radius 2 is 1.66 bits per heavy atom. The molecule has 2 saturated heterocycles. The number of morpholine rings is 1. The van der Waals surface area contributed by atoms with Crippen molar-refractivity contribution in [3.63, 3.8) is 0 Å². The standard InChI is InChI=1S/C31H38N10O3/c1-3-41-29-26(37-38-41)28(40-18-19-44-20-21(40)2)35-27(36-29)22-6-10-24(11-7-22)33-31(43)34-25-12-8-23(9-13-25)30(42)32-14-17-39-15-4-5-16-39/h6-13,21H,3-5,14-20H2,1-2H3,(H,32,42)(H2,33,34,43)/t21-/m0/s1. The number of likely N-dealkylation sites (tertiary alicyclic amines) is 1. The van der Waals surface area contributed by atoms with E-state index in [2.05, 4.69) is 43.0 Å². The van der Waals surface area contributed by atoms with Crippen LogP contribution >= 0.6 is 0 Å². The molecule has 2 aromatic carbocycles. The molecule has 0 bridgehead atoms. The zero-order valence-corrected chi connectivity index (χ0v) is 25.1. The maximum Gasteiger partial charge on any atom is 0.323 e. The number of hydrogen-bond donors (Lipinski definition) is 3. The van der Waals surface area contributed by atoms with Gasteiger partial charge in [-0.2, -0.15) is 0 Å². The van der Waals surface area contributed by atoms with E-state index in [1.165, 1.54) is 12.8 Å². The predicted molar refractivity (Wildman–Crippen MR) is 169 cm³/mol. The molecule has 0 radical (unpaired) electrons. The van der Waals surface area contributed by atoms with Crippen molar-refractivity contribution in [3.8, 4) is 11.4 Å². The average Bonchev–Trinajstić information content (AvgIpc) is 3.72. The SMILES string of the molecule is CCn1nnc2c(N3CCOC[C@@H]3C)nc(-c3ccc(NC(=O)Nc4ccc(C(=O)NCCN5CCCC5)cc4)cc3)nc21. The van der Waals surface area contributed by atoms with Gasteiger partial charge in [-0.05, 0) is 88.3 Å². The Bertz CT molecular complexity index is 1600. The molecule has 0 unspecified atom stereocenters. The van der Waals surface area contributed by atoms with Gasteiger partial charge in [0.2, 0.25) is 0 Å². The third-order valence-corrected chi connectivity index (χ3v) is 8.00. The summed E-state index contributed by atoms with van der Waals surface area (Å²) in [6, 6.07) is 14.0. The molecule has 4 heterocycles. The van der Waals surface area contributed by atoms with Crippen molar-refractivity contribution in [2.24, 2.45) is 0 Å². The lowest BCUT2D eigenvalue weighted by Gasteiger charge is -2.34. The van der Waals surface area contributed by atoms with Crippen molar-refractivity contribution in [1.82, 2.24) is 35.2 Å². The summed E-state index contributed by atoms with van der Waals surface area (Å²) in [7, 11) is 0. The van der Waals surface area contributed by atoms with E-state index >= 15 is 0 Å². The third-order valence-electron chi connectivity index (χ3n) is 8.00. The molecular weight excluding hydrogens is 560 g/mol. The summed E-state index contributed by atoms with van der Waals surface area (Å²) >= 11 is 0. The van der Waals surface area contributed by atoms with Crippen LogP contribution in [0.2, 0.25) is 0 Å². The van der Waals surface area contributed by atoms with Crippen LogP contribution in [0.4, 0.5) is 22.0 Å². The second kappa shape index (κ2) is 13.3. The molecule has 2 fully saturated rings. The molecule has 2 aliphatic rings. The Morgan fingerprint density at radius 1 is 0.955 bits per heavy atom. The van der Waals surface area contributed by atoms with Gasteiger partial charge in [-0.1, -0.05) is 5.21 Å². The van der Waals surface area contributed by atoms with Crippen LogP contribution < -0.4 is 20.9 Å². The molecule has 1 atom stereocenters. The van der Waals surface area contributed by atoms with Gasteiger partial charge in [-0.25, -0.2) is 19.4 Å². The molecule has 0 aliphatic carbocycles. The molecule has 2 aliphatic heterocycles. The molecule has 13 nitrogen and oxygen atoms in total. The van der Waals surface area contributed by atoms with E-state index in [-0.39, 0.29) is 18.0 Å². The molecule has 13 heteroatoms. The largest absolute Gasteiger partial charge is 0.377 e. The van der Waals surface area contributed by atoms with E-state index in [0.29, 0.717) is 66.8 Å². The van der Waals surface area contributed by atoms with E-state index in [1.54, 1.807) is 28.9 Å². The van der Waals surface area contributed by atoms with Crippen molar-refractivity contribution < 1.29 is 14.3 Å². The molecular formula is C31H38N10O3. The number of benzene rings is 2. The Hall–Kier alpha value is -4.62. The molecule has 44 heavy (non-hydrogen) atoms. The van der Waals surface area contributed by atoms with Gasteiger partial charge in [-0.3, -0.25) is 4.79 Å². The number of aromatic nitrogens is 5. The number of ether oxygens (including phenoxy) is 1. The van der Waals surface area contributed by atoms with E-state index < -0.39 is 0 Å². The third kappa shape index (κ3) is 6.63. The number of urea groups is 1. The van der Waals surface area contributed by atoms with Gasteiger partial charge >= 0.3 is 6.03 Å². The maximum absolute atomic E-state index is 12.7. The molecule has 4 aromatic rings. The highest BCUT2D eigenvalue weighted by molar-refractivity contribution is 6.00. The summed E-state index contributed by atoms with van der Waals surface area (Å²) in [5, 5.41) is 17.3. The topological polar surface area (TPSA) is 142 Å². The predicted octanol–water partition coefficient (Wildman–Crippen LogP) is 3.60. The number of rotatable bonds is 9. The Morgan fingerprint density at radius 3 is 2.34 bits per heavy atom. The summed E-state index contributed by atoms with van der Waals surface area (Å²) in [5.41, 5.74) is 3.91. The van der Waals surface area contributed by atoms with Crippen molar-refractivity contribution >= 4 is 40.3 Å². The monoisotopic (exact) mass is 598 g/mol. The first-order valence-corrected chi connectivity index (χ1v) is 15.2. The fraction of sp³-hybridized carbons (Fsp3) is 0.419. The summed E-state index contributed by atoms with van der Waals surface area (Å²) in [5.74, 6) is 1.18. The highest BCUT2D eigenvalue weighted by Crippen LogP contribution is 2.29. The fourth-order valence-electron chi connectivity index (χ4n) is 5.56. The Labute approximate surface area is 256 Å². The highest BCUT2D eigenvalue weighted by Gasteiger charge is 2.26. The van der Waals surface area contributed by atoms with Gasteiger partial charge in [0, 0.05) is 48.7 Å². The van der Waals surface area contributed by atoms with Crippen LogP contribution in [0.25, 0.3) is 22.6 Å². The van der Waals surface area contributed by atoms with Crippen LogP contribution in [0.15, 0.2) is 48.5 Å². The number of nitrogens with zero attached hydrogens (tertiary/aromatic N) is 7. The molecule has 6 rings (SSSR count). The van der Waals surface area contributed by atoms with Gasteiger partial charge < -0.3 is 30.5 Å². The molecule has 3 N–H and O–H groups in total. The van der Waals surface area contributed by atoms with Crippen LogP contribution in [-0.4, -0.2) is 93.8 Å². The molecule has 2 aromatic heterocycles. The van der Waals surface area contributed by atoms with Crippen LogP contribution in [0, 0.1) is 0 Å². The molecule has 0 saturated carbocycles. The summed E-state index contributed by atoms with van der Waals surface area (Å²) in [6.07, 6.45) is 2.46. The summed E-state index contributed by atoms with van der Waals surface area (Å²) in [6.45, 7) is 10.4. The van der Waals surface area contributed by atoms with E-state index in [1.807, 2.05) is 31.2 Å². The number of hydrogen-bond acceptors (Lipinski definition) is 9. The van der Waals surface area contributed by atoms with Crippen LogP contribution in [0.3, 0.4) is 0 Å². The fourth-order valence-corrected chi connectivity index (χ4v) is 5.56. The lowest BCUT2D eigenvalue weighted by molar-refractivity contribution is 0.0949. The number of anilines is 3. The zero-order valence-electron chi connectivity index (χ0n) is 25.1. The zero-order chi connectivity index (χ0) is 30.5. The van der Waals surface area contributed by atoms with Gasteiger partial charge in [0.1, 0.15) is 0 Å². The lowest BCUT2D eigenvalue weighted by atomic mass is 10.2. The Kier molecular flexibility index (Phi) is 8.94. The maximum atomic E-state index is 12.7. The first kappa shape index (κ1) is 29.5. The van der Waals surface area contributed by atoms with Crippen molar-refractivity contribution in [1.29, 1.82) is 0 Å². The number of fused-ring (bicyclic) bond motifs is 1. The summed E-state index contributed by atoms with van der Waals surface area (Å²) < 4.78 is 7.40. The average molecular weight is 599 g/mol. The first-order chi connectivity index (χ1) is 21.5. The van der Waals surface area contributed by atoms with Gasteiger partial charge in [0.25, 0.3) is 5.91 Å². The molecule has 0 spiro atoms. The van der Waals surface area contributed by atoms with E-state index in [9.17, 15) is 9.59 Å². The number of amides is 3. The number of aryl methyl sites for hydroxylation is 1. The molecule has 3 amide bonds. The van der Waals surface area contributed by atoms with Gasteiger partial charge in [0.15, 0.2) is 22.8 Å². The lowest BCUT2D eigenvalue weighted by Crippen LogP contribution is -2.44. The van der Waals surface area contributed by atoms with Crippen LogP contribution in [0.1, 0.15) is 37.0 Å². The second-order valence-corrected chi connectivity index (χ2v) is 11.1. The van der Waals surface area contributed by atoms with Crippen molar-refractivity contribution in [2.75, 3.05) is 61.5 Å². The second-order valence-electron chi connectivity index (χ2n) is 11.1. The van der Waals surface area contributed by atoms with E-state index in [4.69, 9.17) is 14.7 Å². The number of carbonyl (C=O) groups is 2. The minimum atomic E-state index is -0.389. The molecule has 230 valence electrons. The van der Waals surface area contributed by atoms with E-state index in [0.717, 1.165) is 31.0 Å². The highest BCUT2D eigenvalue weighted by atomic mass is 16.5. The summed E-state index contributed by atoms with van der Waals surface area (Å²) in [4.78, 5) is 39.4. The van der Waals surface area contributed by atoms with Crippen molar-refractivity contribution in [2.45, 2.75) is 39.3 Å². The van der Waals surface area contributed by atoms with Crippen LogP contribution in [0.5, 0.6) is 0 Å². The van der Waals surface area contributed by atoms with Gasteiger partial charge in [-0.15, -0.1) is 5.10 Å². The van der Waals surface area contributed by atoms with Crippen molar-refractivity contribution in [3.05, 3.63) is 54.1 Å². The van der Waals surface area contributed by atoms with Crippen LogP contribution in [-0.2, 0) is 11.3 Å². The first-order valence-electron chi connectivity index (χ1n) is 15.2. The Balaban J connectivity index is 1.08. The minimum absolute atomic E-state index is 0.120. The smallest absolute Gasteiger partial charge is 0.323 e. The van der Waals surface area contributed by atoms with Gasteiger partial charge in [0.05, 0.1) is 19.3 Å². The number of nitrogens with one attached hydrogen (secondary N) is 3. The quantitative estimate of drug-likeness (QED) is 0.263. The minimum Gasteiger partial charge on any atom is -0.377 e.